The van der Waals surface area contributed by atoms with Crippen molar-refractivity contribution in [1.82, 2.24) is 9.62 Å². The van der Waals surface area contributed by atoms with Crippen molar-refractivity contribution in [2.45, 2.75) is 18.4 Å². The lowest BCUT2D eigenvalue weighted by molar-refractivity contribution is -0.114. The fourth-order valence-corrected chi connectivity index (χ4v) is 4.96. The Morgan fingerprint density at radius 1 is 1.11 bits per heavy atom. The number of nitrogens with one attached hydrogen (secondary N) is 2. The predicted octanol–water partition coefficient (Wildman–Crippen LogP) is 1.66. The van der Waals surface area contributed by atoms with Crippen LogP contribution in [0, 0.1) is 0 Å². The SMILES string of the molecule is CC(=O)Nc1ccc(C(=O)NCc2ccc(S(=O)(=O)N3CCOCC3)cc2)s1. The molecule has 0 atom stereocenters. The number of sulfonamides is 1. The van der Waals surface area contributed by atoms with Crippen LogP contribution >= 0.6 is 11.3 Å². The highest BCUT2D eigenvalue weighted by molar-refractivity contribution is 7.89. The number of thiophene rings is 1. The Labute approximate surface area is 167 Å². The number of carbonyl (C=O) groups excluding carboxylic acids is 2. The highest BCUT2D eigenvalue weighted by Crippen LogP contribution is 2.22. The number of anilines is 1. The Hall–Kier alpha value is -2.27. The van der Waals surface area contributed by atoms with Crippen LogP contribution in [0.25, 0.3) is 0 Å². The first kappa shape index (κ1) is 20.5. The third kappa shape index (κ3) is 4.96. The van der Waals surface area contributed by atoms with E-state index < -0.39 is 10.0 Å². The molecule has 10 heteroatoms. The average molecular weight is 424 g/mol. The molecule has 2 N–H and O–H groups in total. The van der Waals surface area contributed by atoms with Crippen molar-refractivity contribution in [1.29, 1.82) is 0 Å². The maximum atomic E-state index is 12.6. The van der Waals surface area contributed by atoms with Crippen LogP contribution < -0.4 is 10.6 Å². The third-order valence-electron chi connectivity index (χ3n) is 4.11. The summed E-state index contributed by atoms with van der Waals surface area (Å²) in [5.74, 6) is -0.451. The second kappa shape index (κ2) is 8.82. The van der Waals surface area contributed by atoms with E-state index >= 15 is 0 Å². The summed E-state index contributed by atoms with van der Waals surface area (Å²) < 4.78 is 31.8. The first-order valence-corrected chi connectivity index (χ1v) is 10.9. The fourth-order valence-electron chi connectivity index (χ4n) is 2.69. The molecule has 1 aromatic heterocycles. The smallest absolute Gasteiger partial charge is 0.261 e. The highest BCUT2D eigenvalue weighted by Gasteiger charge is 2.26. The van der Waals surface area contributed by atoms with Gasteiger partial charge in [0.05, 0.1) is 28.0 Å². The summed E-state index contributed by atoms with van der Waals surface area (Å²) in [7, 11) is -3.53. The second-order valence-electron chi connectivity index (χ2n) is 6.19. The highest BCUT2D eigenvalue weighted by atomic mass is 32.2. The van der Waals surface area contributed by atoms with E-state index in [-0.39, 0.29) is 23.3 Å². The van der Waals surface area contributed by atoms with Gasteiger partial charge in [-0.1, -0.05) is 12.1 Å². The van der Waals surface area contributed by atoms with Crippen LogP contribution in [0.3, 0.4) is 0 Å². The average Bonchev–Trinajstić information content (AvgIpc) is 3.15. The fraction of sp³-hybridized carbons (Fsp3) is 0.333. The van der Waals surface area contributed by atoms with Gasteiger partial charge >= 0.3 is 0 Å². The molecule has 2 heterocycles. The first-order valence-electron chi connectivity index (χ1n) is 8.69. The second-order valence-corrected chi connectivity index (χ2v) is 9.21. The summed E-state index contributed by atoms with van der Waals surface area (Å²) in [5.41, 5.74) is 0.785. The van der Waals surface area contributed by atoms with Gasteiger partial charge in [-0.05, 0) is 29.8 Å². The lowest BCUT2D eigenvalue weighted by Crippen LogP contribution is -2.40. The summed E-state index contributed by atoms with van der Waals surface area (Å²) in [4.78, 5) is 24.0. The summed E-state index contributed by atoms with van der Waals surface area (Å²) in [5, 5.41) is 6.02. The largest absolute Gasteiger partial charge is 0.379 e. The van der Waals surface area contributed by atoms with Gasteiger partial charge in [0.15, 0.2) is 0 Å². The molecule has 0 unspecified atom stereocenters. The number of benzene rings is 1. The predicted molar refractivity (Wildman–Crippen MR) is 106 cm³/mol. The van der Waals surface area contributed by atoms with Crippen molar-refractivity contribution in [3.05, 3.63) is 46.8 Å². The van der Waals surface area contributed by atoms with Crippen LogP contribution in [0.15, 0.2) is 41.3 Å². The normalized spacial score (nSPS) is 15.2. The number of carbonyl (C=O) groups is 2. The van der Waals surface area contributed by atoms with Crippen LogP contribution in [0.4, 0.5) is 5.00 Å². The molecule has 0 radical (unpaired) electrons. The van der Waals surface area contributed by atoms with Gasteiger partial charge in [-0.25, -0.2) is 8.42 Å². The molecular formula is C18H21N3O5S2. The van der Waals surface area contributed by atoms with Gasteiger partial charge in [0.1, 0.15) is 0 Å². The Morgan fingerprint density at radius 3 is 2.43 bits per heavy atom. The Kier molecular flexibility index (Phi) is 6.45. The van der Waals surface area contributed by atoms with E-state index in [1.54, 1.807) is 36.4 Å². The van der Waals surface area contributed by atoms with E-state index in [2.05, 4.69) is 10.6 Å². The zero-order valence-electron chi connectivity index (χ0n) is 15.3. The van der Waals surface area contributed by atoms with E-state index in [1.807, 2.05) is 0 Å². The van der Waals surface area contributed by atoms with E-state index in [0.717, 1.165) is 5.56 Å². The summed E-state index contributed by atoms with van der Waals surface area (Å²) >= 11 is 1.19. The van der Waals surface area contributed by atoms with E-state index in [9.17, 15) is 18.0 Å². The van der Waals surface area contributed by atoms with Gasteiger partial charge in [-0.2, -0.15) is 4.31 Å². The van der Waals surface area contributed by atoms with E-state index in [4.69, 9.17) is 4.74 Å². The molecule has 1 aromatic carbocycles. The van der Waals surface area contributed by atoms with Gasteiger partial charge in [-0.3, -0.25) is 9.59 Å². The van der Waals surface area contributed by atoms with Crippen LogP contribution in [0.1, 0.15) is 22.2 Å². The topological polar surface area (TPSA) is 105 Å². The van der Waals surface area contributed by atoms with E-state index in [0.29, 0.717) is 36.2 Å². The molecule has 3 rings (SSSR count). The molecule has 1 aliphatic heterocycles. The van der Waals surface area contributed by atoms with Crippen LogP contribution in [0.2, 0.25) is 0 Å². The molecule has 0 aliphatic carbocycles. The molecule has 8 nitrogen and oxygen atoms in total. The lowest BCUT2D eigenvalue weighted by atomic mass is 10.2. The van der Waals surface area contributed by atoms with Crippen LogP contribution in [-0.2, 0) is 26.1 Å². The maximum absolute atomic E-state index is 12.6. The number of nitrogens with zero attached hydrogens (tertiary/aromatic N) is 1. The van der Waals surface area contributed by atoms with Crippen molar-refractivity contribution in [3.8, 4) is 0 Å². The van der Waals surface area contributed by atoms with Gasteiger partial charge in [0.2, 0.25) is 15.9 Å². The quantitative estimate of drug-likeness (QED) is 0.735. The number of amides is 2. The molecule has 2 amide bonds. The Morgan fingerprint density at radius 2 is 1.79 bits per heavy atom. The summed E-state index contributed by atoms with van der Waals surface area (Å²) in [6.45, 7) is 3.17. The van der Waals surface area contributed by atoms with Crippen molar-refractivity contribution < 1.29 is 22.7 Å². The molecule has 0 spiro atoms. The Balaban J connectivity index is 1.59. The van der Waals surface area contributed by atoms with Crippen molar-refractivity contribution >= 4 is 38.2 Å². The van der Waals surface area contributed by atoms with Crippen LogP contribution in [-0.4, -0.2) is 50.8 Å². The molecule has 0 saturated carbocycles. The summed E-state index contributed by atoms with van der Waals surface area (Å²) in [6.07, 6.45) is 0. The number of hydrogen-bond donors (Lipinski definition) is 2. The first-order chi connectivity index (χ1) is 13.4. The zero-order valence-corrected chi connectivity index (χ0v) is 16.9. The number of hydrogen-bond acceptors (Lipinski definition) is 6. The van der Waals surface area contributed by atoms with Gasteiger partial charge < -0.3 is 15.4 Å². The van der Waals surface area contributed by atoms with Gasteiger partial charge in [0.25, 0.3) is 5.91 Å². The lowest BCUT2D eigenvalue weighted by Gasteiger charge is -2.26. The zero-order chi connectivity index (χ0) is 20.1. The van der Waals surface area contributed by atoms with Crippen molar-refractivity contribution in [2.24, 2.45) is 0 Å². The molecule has 150 valence electrons. The standard InChI is InChI=1S/C18H21N3O5S2/c1-13(22)20-17-7-6-16(27-17)18(23)19-12-14-2-4-15(5-3-14)28(24,25)21-8-10-26-11-9-21/h2-7H,8-12H2,1H3,(H,19,23)(H,20,22). The van der Waals surface area contributed by atoms with Crippen molar-refractivity contribution in [2.75, 3.05) is 31.6 Å². The number of morpholine rings is 1. The molecule has 28 heavy (non-hydrogen) atoms. The number of rotatable bonds is 6. The third-order valence-corrected chi connectivity index (χ3v) is 7.03. The Bertz CT molecular complexity index is 948. The molecule has 1 aliphatic rings. The molecular weight excluding hydrogens is 402 g/mol. The molecule has 1 saturated heterocycles. The minimum Gasteiger partial charge on any atom is -0.379 e. The molecule has 2 aromatic rings. The van der Waals surface area contributed by atoms with Crippen molar-refractivity contribution in [3.63, 3.8) is 0 Å². The monoisotopic (exact) mass is 423 g/mol. The molecule has 0 bridgehead atoms. The maximum Gasteiger partial charge on any atom is 0.261 e. The van der Waals surface area contributed by atoms with Crippen LogP contribution in [0.5, 0.6) is 0 Å². The summed E-state index contributed by atoms with van der Waals surface area (Å²) in [6, 6.07) is 9.78. The van der Waals surface area contributed by atoms with Gasteiger partial charge in [0, 0.05) is 26.6 Å². The molecule has 1 fully saturated rings. The van der Waals surface area contributed by atoms with E-state index in [1.165, 1.54) is 22.6 Å². The minimum atomic E-state index is -3.53. The van der Waals surface area contributed by atoms with Gasteiger partial charge in [-0.15, -0.1) is 11.3 Å². The number of ether oxygens (including phenoxy) is 1. The minimum absolute atomic E-state index is 0.194.